The van der Waals surface area contributed by atoms with E-state index in [9.17, 15) is 9.59 Å². The molecule has 0 saturated heterocycles. The summed E-state index contributed by atoms with van der Waals surface area (Å²) in [4.78, 5) is 33.1. The van der Waals surface area contributed by atoms with Gasteiger partial charge < -0.3 is 14.4 Å². The zero-order valence-electron chi connectivity index (χ0n) is 20.8. The Bertz CT molecular complexity index is 1510. The summed E-state index contributed by atoms with van der Waals surface area (Å²) >= 11 is 1.60. The molecule has 0 aliphatic carbocycles. The molecule has 2 heterocycles. The van der Waals surface area contributed by atoms with Crippen molar-refractivity contribution in [1.29, 1.82) is 0 Å². The van der Waals surface area contributed by atoms with Crippen molar-refractivity contribution in [3.8, 4) is 32.3 Å². The van der Waals surface area contributed by atoms with Crippen LogP contribution in [0.15, 0.2) is 121 Å². The number of allylic oxidation sites excluding steroid dienone is 2. The van der Waals surface area contributed by atoms with Gasteiger partial charge in [-0.15, -0.1) is 11.3 Å². The number of carbonyl (C=O) groups is 2. The molecule has 0 unspecified atom stereocenters. The molecule has 6 nitrogen and oxygen atoms in total. The number of rotatable bonds is 6. The van der Waals surface area contributed by atoms with Gasteiger partial charge in [-0.2, -0.15) is 0 Å². The Morgan fingerprint density at radius 3 is 2.11 bits per heavy atom. The highest BCUT2D eigenvalue weighted by Gasteiger charge is 2.28. The van der Waals surface area contributed by atoms with E-state index >= 15 is 0 Å². The summed E-state index contributed by atoms with van der Waals surface area (Å²) in [5.74, 6) is -1.29. The Kier molecular flexibility index (Phi) is 7.28. The first-order valence-corrected chi connectivity index (χ1v) is 12.7. The molecule has 0 radical (unpaired) electrons. The Labute approximate surface area is 224 Å². The lowest BCUT2D eigenvalue weighted by molar-refractivity contribution is -0.139. The molecule has 3 aromatic carbocycles. The molecule has 0 N–H and O–H groups in total. The number of benzene rings is 3. The normalized spacial score (nSPS) is 12.8. The van der Waals surface area contributed by atoms with Crippen molar-refractivity contribution >= 4 is 29.0 Å². The average molecular weight is 521 g/mol. The maximum atomic E-state index is 12.8. The van der Waals surface area contributed by atoms with Crippen LogP contribution in [0, 0.1) is 0 Å². The summed E-state index contributed by atoms with van der Waals surface area (Å²) in [5.41, 5.74) is 4.74. The molecule has 1 aromatic heterocycles. The Hall–Kier alpha value is -4.75. The van der Waals surface area contributed by atoms with Crippen molar-refractivity contribution in [2.24, 2.45) is 0 Å². The summed E-state index contributed by atoms with van der Waals surface area (Å²) in [7, 11) is 2.56. The van der Waals surface area contributed by atoms with Crippen molar-refractivity contribution < 1.29 is 19.1 Å². The fourth-order valence-corrected chi connectivity index (χ4v) is 5.26. The van der Waals surface area contributed by atoms with Crippen molar-refractivity contribution in [2.45, 2.75) is 0 Å². The first-order valence-electron chi connectivity index (χ1n) is 11.9. The second kappa shape index (κ2) is 11.1. The molecule has 188 valence electrons. The Balaban J connectivity index is 1.63. The quantitative estimate of drug-likeness (QED) is 0.266. The van der Waals surface area contributed by atoms with Crippen LogP contribution in [0.1, 0.15) is 0 Å². The average Bonchev–Trinajstić information content (AvgIpc) is 3.31. The highest BCUT2D eigenvalue weighted by atomic mass is 32.1. The number of hydrogen-bond acceptors (Lipinski definition) is 7. The lowest BCUT2D eigenvalue weighted by atomic mass is 10.1. The molecule has 0 bridgehead atoms. The van der Waals surface area contributed by atoms with Crippen molar-refractivity contribution in [1.82, 2.24) is 4.98 Å². The van der Waals surface area contributed by atoms with Gasteiger partial charge in [-0.05, 0) is 29.8 Å². The molecule has 38 heavy (non-hydrogen) atoms. The first-order chi connectivity index (χ1) is 18.6. The van der Waals surface area contributed by atoms with Crippen molar-refractivity contribution in [3.63, 3.8) is 0 Å². The minimum atomic E-state index is -0.654. The number of methoxy groups -OCH3 is 2. The van der Waals surface area contributed by atoms with Crippen LogP contribution in [0.5, 0.6) is 0 Å². The minimum absolute atomic E-state index is 0.0654. The van der Waals surface area contributed by atoms with Gasteiger partial charge in [0, 0.05) is 23.0 Å². The van der Waals surface area contributed by atoms with Gasteiger partial charge in [-0.25, -0.2) is 14.6 Å². The number of hydrogen-bond donors (Lipinski definition) is 0. The van der Waals surface area contributed by atoms with E-state index in [4.69, 9.17) is 14.5 Å². The zero-order valence-corrected chi connectivity index (χ0v) is 21.6. The van der Waals surface area contributed by atoms with E-state index < -0.39 is 11.9 Å². The summed E-state index contributed by atoms with van der Waals surface area (Å²) < 4.78 is 9.96. The smallest absolute Gasteiger partial charge is 0.355 e. The summed E-state index contributed by atoms with van der Waals surface area (Å²) in [6.45, 7) is 0. The molecule has 0 saturated carbocycles. The van der Waals surface area contributed by atoms with Gasteiger partial charge in [-0.1, -0.05) is 78.9 Å². The maximum Gasteiger partial charge on any atom is 0.355 e. The van der Waals surface area contributed by atoms with Gasteiger partial charge in [0.1, 0.15) is 10.7 Å². The van der Waals surface area contributed by atoms with E-state index in [0.29, 0.717) is 5.69 Å². The molecule has 4 aromatic rings. The van der Waals surface area contributed by atoms with Gasteiger partial charge in [0.05, 0.1) is 30.4 Å². The van der Waals surface area contributed by atoms with Crippen LogP contribution in [0.4, 0.5) is 5.69 Å². The fourth-order valence-electron chi connectivity index (χ4n) is 4.17. The van der Waals surface area contributed by atoms with Crippen molar-refractivity contribution in [3.05, 3.63) is 121 Å². The van der Waals surface area contributed by atoms with Crippen LogP contribution in [-0.4, -0.2) is 31.1 Å². The number of nitrogens with zero attached hydrogens (tertiary/aromatic N) is 2. The molecular formula is C31H24N2O4S. The number of anilines is 1. The zero-order chi connectivity index (χ0) is 26.5. The van der Waals surface area contributed by atoms with Gasteiger partial charge in [-0.3, -0.25) is 0 Å². The second-order valence-electron chi connectivity index (χ2n) is 8.30. The topological polar surface area (TPSA) is 68.7 Å². The van der Waals surface area contributed by atoms with Crippen LogP contribution < -0.4 is 4.90 Å². The van der Waals surface area contributed by atoms with Crippen molar-refractivity contribution in [2.75, 3.05) is 19.1 Å². The SMILES string of the molecule is COC(=O)C1=C(C(=O)OC)N(c2cccc(-c3nc(-c4ccccc4)c(-c4ccccc4)s3)c2)C=CC=C1. The number of esters is 2. The predicted molar refractivity (Wildman–Crippen MR) is 150 cm³/mol. The first kappa shape index (κ1) is 24.9. The number of ether oxygens (including phenoxy) is 2. The van der Waals surface area contributed by atoms with Gasteiger partial charge in [0.25, 0.3) is 0 Å². The summed E-state index contributed by atoms with van der Waals surface area (Å²) in [6.07, 6.45) is 6.68. The van der Waals surface area contributed by atoms with E-state index in [1.54, 1.807) is 34.6 Å². The molecule has 0 amide bonds. The molecule has 0 atom stereocenters. The van der Waals surface area contributed by atoms with Crippen LogP contribution in [0.2, 0.25) is 0 Å². The van der Waals surface area contributed by atoms with Crippen LogP contribution in [-0.2, 0) is 19.1 Å². The molecule has 1 aliphatic rings. The summed E-state index contributed by atoms with van der Waals surface area (Å²) in [5, 5.41) is 0.832. The minimum Gasteiger partial charge on any atom is -0.465 e. The molecular weight excluding hydrogens is 496 g/mol. The highest BCUT2D eigenvalue weighted by Crippen LogP contribution is 2.41. The predicted octanol–water partition coefficient (Wildman–Crippen LogP) is 6.63. The second-order valence-corrected chi connectivity index (χ2v) is 9.29. The fraction of sp³-hybridized carbons (Fsp3) is 0.0645. The largest absolute Gasteiger partial charge is 0.465 e. The Morgan fingerprint density at radius 1 is 0.763 bits per heavy atom. The Morgan fingerprint density at radius 2 is 1.42 bits per heavy atom. The van der Waals surface area contributed by atoms with E-state index in [1.165, 1.54) is 20.3 Å². The van der Waals surface area contributed by atoms with E-state index in [2.05, 4.69) is 24.3 Å². The van der Waals surface area contributed by atoms with Gasteiger partial charge in [0.15, 0.2) is 0 Å². The van der Waals surface area contributed by atoms with Crippen LogP contribution in [0.3, 0.4) is 0 Å². The van der Waals surface area contributed by atoms with E-state index in [-0.39, 0.29) is 11.3 Å². The van der Waals surface area contributed by atoms with Crippen LogP contribution >= 0.6 is 11.3 Å². The number of aromatic nitrogens is 1. The number of thiazole rings is 1. The van der Waals surface area contributed by atoms with Crippen LogP contribution in [0.25, 0.3) is 32.3 Å². The molecule has 7 heteroatoms. The third kappa shape index (κ3) is 4.92. The maximum absolute atomic E-state index is 12.8. The third-order valence-electron chi connectivity index (χ3n) is 5.97. The summed E-state index contributed by atoms with van der Waals surface area (Å²) in [6, 6.07) is 28.0. The van der Waals surface area contributed by atoms with Gasteiger partial charge >= 0.3 is 11.9 Å². The lowest BCUT2D eigenvalue weighted by Crippen LogP contribution is -2.26. The lowest BCUT2D eigenvalue weighted by Gasteiger charge is -2.23. The molecule has 1 aliphatic heterocycles. The third-order valence-corrected chi connectivity index (χ3v) is 7.12. The molecule has 0 spiro atoms. The molecule has 5 rings (SSSR count). The van der Waals surface area contributed by atoms with E-state index in [1.807, 2.05) is 60.7 Å². The standard InChI is InChI=1S/C31H24N2O4S/c1-36-30(34)25-18-9-10-19-33(27(25)31(35)37-2)24-17-11-16-23(20-24)29-32-26(21-12-5-3-6-13-21)28(38-29)22-14-7-4-8-15-22/h3-20H,1-2H3. The van der Waals surface area contributed by atoms with Gasteiger partial charge in [0.2, 0.25) is 0 Å². The highest BCUT2D eigenvalue weighted by molar-refractivity contribution is 7.19. The molecule has 0 fully saturated rings. The monoisotopic (exact) mass is 520 g/mol. The van der Waals surface area contributed by atoms with E-state index in [0.717, 1.165) is 32.3 Å². The number of carbonyl (C=O) groups excluding carboxylic acids is 2.